The zero-order chi connectivity index (χ0) is 12.3. The van der Waals surface area contributed by atoms with Crippen LogP contribution in [0.5, 0.6) is 5.75 Å². The van der Waals surface area contributed by atoms with Gasteiger partial charge < -0.3 is 4.74 Å². The van der Waals surface area contributed by atoms with Gasteiger partial charge in [-0.25, -0.2) is 0 Å². The van der Waals surface area contributed by atoms with Gasteiger partial charge in [0.05, 0.1) is 15.1 Å². The normalized spacial score (nSPS) is 9.62. The van der Waals surface area contributed by atoms with E-state index in [-0.39, 0.29) is 37.5 Å². The van der Waals surface area contributed by atoms with Crippen molar-refractivity contribution < 1.29 is 4.74 Å². The molecule has 0 atom stereocenters. The monoisotopic (exact) mass is 428 g/mol. The third-order valence-corrected chi connectivity index (χ3v) is 4.15. The Balaban J connectivity index is 3.21. The van der Waals surface area contributed by atoms with Gasteiger partial charge in [0.15, 0.2) is 5.75 Å². The summed E-state index contributed by atoms with van der Waals surface area (Å²) < 4.78 is 7.89. The lowest BCUT2D eigenvalue weighted by atomic mass is 10.3. The number of ether oxygens (including phenoxy) is 1. The van der Waals surface area contributed by atoms with Crippen LogP contribution in [0.2, 0.25) is 25.1 Å². The number of rotatable bonds is 2. The van der Waals surface area contributed by atoms with E-state index in [1.54, 1.807) is 0 Å². The van der Waals surface area contributed by atoms with Crippen LogP contribution in [0.25, 0.3) is 0 Å². The van der Waals surface area contributed by atoms with Crippen molar-refractivity contribution in [2.75, 3.05) is 6.61 Å². The molecule has 0 aliphatic heterocycles. The molecule has 1 aromatic rings. The molecule has 0 aliphatic carbocycles. The average molecular weight is 430 g/mol. The Labute approximate surface area is 131 Å². The molecule has 0 bridgehead atoms. The first-order valence-corrected chi connectivity index (χ1v) is 6.70. The van der Waals surface area contributed by atoms with E-state index in [4.69, 9.17) is 62.7 Å². The Morgan fingerprint density at radius 2 is 1.31 bits per heavy atom. The highest BCUT2D eigenvalue weighted by Crippen LogP contribution is 2.48. The second-order valence-electron chi connectivity index (χ2n) is 2.46. The van der Waals surface area contributed by atoms with Gasteiger partial charge in [-0.1, -0.05) is 63.9 Å². The molecule has 0 spiro atoms. The molecule has 0 saturated heterocycles. The van der Waals surface area contributed by atoms with E-state index in [0.29, 0.717) is 0 Å². The van der Waals surface area contributed by atoms with E-state index in [0.717, 1.165) is 0 Å². The number of hydrogen-bond acceptors (Lipinski definition) is 1. The van der Waals surface area contributed by atoms with Gasteiger partial charge in [-0.2, -0.15) is 0 Å². The minimum Gasteiger partial charge on any atom is -0.478 e. The number of hydrogen-bond donors (Lipinski definition) is 0. The molecule has 86 valence electrons. The maximum Gasteiger partial charge on any atom is 0.161 e. The molecule has 0 N–H and O–H groups in total. The molecule has 0 radical (unpaired) electrons. The molecule has 1 nitrogen and oxygen atoms in total. The van der Waals surface area contributed by atoms with E-state index in [9.17, 15) is 0 Å². The fraction of sp³-hybridized carbons (Fsp3) is 0.111. The van der Waals surface area contributed by atoms with E-state index >= 15 is 0 Å². The third-order valence-electron chi connectivity index (χ3n) is 1.53. The molecule has 0 heterocycles. The molecule has 1 aromatic carbocycles. The molecule has 16 heavy (non-hydrogen) atoms. The highest BCUT2D eigenvalue weighted by Gasteiger charge is 2.20. The number of halogens is 6. The molecule has 1 rings (SSSR count). The minimum absolute atomic E-state index is 0.102. The minimum atomic E-state index is 0.102. The van der Waals surface area contributed by atoms with Crippen molar-refractivity contribution in [1.82, 2.24) is 0 Å². The summed E-state index contributed by atoms with van der Waals surface area (Å²) in [5.41, 5.74) is 0. The van der Waals surface area contributed by atoms with Crippen LogP contribution in [-0.4, -0.2) is 6.61 Å². The van der Waals surface area contributed by atoms with Crippen molar-refractivity contribution in [3.05, 3.63) is 25.1 Å². The van der Waals surface area contributed by atoms with Crippen LogP contribution in [0.1, 0.15) is 0 Å². The van der Waals surface area contributed by atoms with Crippen molar-refractivity contribution in [3.63, 3.8) is 0 Å². The highest BCUT2D eigenvalue weighted by atomic mass is 127. The molecule has 0 aliphatic rings. The lowest BCUT2D eigenvalue weighted by Crippen LogP contribution is -1.96. The predicted octanol–water partition coefficient (Wildman–Crippen LogP) is 5.73. The van der Waals surface area contributed by atoms with Gasteiger partial charge in [-0.3, -0.25) is 0 Å². The summed E-state index contributed by atoms with van der Waals surface area (Å²) in [4.78, 5) is 0. The second-order valence-corrected chi connectivity index (χ2v) is 4.89. The zero-order valence-electron chi connectivity index (χ0n) is 7.38. The standard InChI is InChI=1S/C9H2Cl5IO/c10-4-5(11)7(13)9(8(14)6(4)12)16-3-1-2-15/h3H2. The van der Waals surface area contributed by atoms with E-state index in [2.05, 4.69) is 9.85 Å². The van der Waals surface area contributed by atoms with Crippen molar-refractivity contribution in [3.8, 4) is 15.6 Å². The Bertz CT molecular complexity index is 448. The predicted molar refractivity (Wildman–Crippen MR) is 78.8 cm³/mol. The van der Waals surface area contributed by atoms with Crippen LogP contribution in [0.15, 0.2) is 0 Å². The fourth-order valence-electron chi connectivity index (χ4n) is 0.847. The smallest absolute Gasteiger partial charge is 0.161 e. The summed E-state index contributed by atoms with van der Waals surface area (Å²) in [5.74, 6) is 2.87. The van der Waals surface area contributed by atoms with Crippen molar-refractivity contribution in [1.29, 1.82) is 0 Å². The molecule has 0 aromatic heterocycles. The van der Waals surface area contributed by atoms with Gasteiger partial charge >= 0.3 is 0 Å². The lowest BCUT2D eigenvalue weighted by molar-refractivity contribution is 0.371. The van der Waals surface area contributed by atoms with Crippen molar-refractivity contribution >= 4 is 80.6 Å². The fourth-order valence-corrected chi connectivity index (χ4v) is 2.23. The van der Waals surface area contributed by atoms with E-state index in [1.165, 1.54) is 0 Å². The topological polar surface area (TPSA) is 9.23 Å². The van der Waals surface area contributed by atoms with Gasteiger partial charge in [-0.05, 0) is 3.93 Å². The molecule has 0 fully saturated rings. The first-order valence-electron chi connectivity index (χ1n) is 3.73. The van der Waals surface area contributed by atoms with E-state index < -0.39 is 0 Å². The molecular weight excluding hydrogens is 428 g/mol. The van der Waals surface area contributed by atoms with Gasteiger partial charge in [0.1, 0.15) is 16.7 Å². The SMILES string of the molecule is Clc1c(Cl)c(Cl)c(OCC#CI)c(Cl)c1Cl. The van der Waals surface area contributed by atoms with Crippen molar-refractivity contribution in [2.24, 2.45) is 0 Å². The Morgan fingerprint density at radius 3 is 1.75 bits per heavy atom. The molecule has 0 amide bonds. The van der Waals surface area contributed by atoms with E-state index in [1.807, 2.05) is 22.6 Å². The largest absolute Gasteiger partial charge is 0.478 e. The Hall–Kier alpha value is 0.760. The molecule has 0 unspecified atom stereocenters. The van der Waals surface area contributed by atoms with Crippen LogP contribution in [-0.2, 0) is 0 Å². The van der Waals surface area contributed by atoms with Crippen LogP contribution in [0.4, 0.5) is 0 Å². The third kappa shape index (κ3) is 3.16. The summed E-state index contributed by atoms with van der Waals surface area (Å²) >= 11 is 31.2. The first kappa shape index (κ1) is 14.8. The summed E-state index contributed by atoms with van der Waals surface area (Å²) in [7, 11) is 0. The van der Waals surface area contributed by atoms with Crippen LogP contribution in [0, 0.1) is 9.85 Å². The lowest BCUT2D eigenvalue weighted by Gasteiger charge is -2.11. The second kappa shape index (κ2) is 6.63. The summed E-state index contributed by atoms with van der Waals surface area (Å²) in [6.45, 7) is 0.136. The van der Waals surface area contributed by atoms with Gasteiger partial charge in [0.2, 0.25) is 0 Å². The quantitative estimate of drug-likeness (QED) is 0.252. The molecule has 0 saturated carbocycles. The van der Waals surface area contributed by atoms with Crippen LogP contribution in [0.3, 0.4) is 0 Å². The van der Waals surface area contributed by atoms with Gasteiger partial charge in [0.25, 0.3) is 0 Å². The summed E-state index contributed by atoms with van der Waals surface area (Å²) in [5, 5.41) is 0.559. The van der Waals surface area contributed by atoms with Crippen LogP contribution < -0.4 is 4.74 Å². The maximum absolute atomic E-state index is 5.92. The molecular formula is C9H2Cl5IO. The Morgan fingerprint density at radius 1 is 0.875 bits per heavy atom. The summed E-state index contributed by atoms with van der Waals surface area (Å²) in [6, 6.07) is 0. The highest BCUT2D eigenvalue weighted by molar-refractivity contribution is 14.1. The Kier molecular flexibility index (Phi) is 6.14. The number of benzene rings is 1. The summed E-state index contributed by atoms with van der Waals surface area (Å²) in [6.07, 6.45) is 0. The average Bonchev–Trinajstić information content (AvgIpc) is 2.28. The van der Waals surface area contributed by atoms with Crippen LogP contribution >= 0.6 is 80.6 Å². The van der Waals surface area contributed by atoms with Gasteiger partial charge in [0, 0.05) is 22.6 Å². The van der Waals surface area contributed by atoms with Gasteiger partial charge in [-0.15, -0.1) is 0 Å². The first-order chi connectivity index (χ1) is 7.50. The zero-order valence-corrected chi connectivity index (χ0v) is 13.3. The maximum atomic E-state index is 5.92. The van der Waals surface area contributed by atoms with Crippen molar-refractivity contribution in [2.45, 2.75) is 0 Å². The molecule has 7 heteroatoms.